The Kier molecular flexibility index (Phi) is 6.68. The number of hydrogen-bond donors (Lipinski definition) is 2. The average Bonchev–Trinajstić information content (AvgIpc) is 3.09. The third kappa shape index (κ3) is 5.07. The molecule has 0 aliphatic carbocycles. The Hall–Kier alpha value is -3.42. The Morgan fingerprint density at radius 2 is 1.78 bits per heavy atom. The van der Waals surface area contributed by atoms with Crippen molar-refractivity contribution in [3.8, 4) is 5.69 Å². The van der Waals surface area contributed by atoms with Crippen LogP contribution in [0.3, 0.4) is 0 Å². The number of rotatable bonds is 7. The number of hydrogen-bond acceptors (Lipinski definition) is 4. The lowest BCUT2D eigenvalue weighted by molar-refractivity contribution is -0.116. The first kappa shape index (κ1) is 21.8. The fourth-order valence-electron chi connectivity index (χ4n) is 3.33. The van der Waals surface area contributed by atoms with Crippen molar-refractivity contribution in [1.29, 1.82) is 0 Å². The molecule has 0 saturated carbocycles. The van der Waals surface area contributed by atoms with E-state index in [2.05, 4.69) is 15.7 Å². The topological polar surface area (TPSA) is 63.9 Å². The van der Waals surface area contributed by atoms with Gasteiger partial charge in [-0.1, -0.05) is 54.1 Å². The van der Waals surface area contributed by atoms with E-state index in [0.717, 1.165) is 22.6 Å². The van der Waals surface area contributed by atoms with Crippen molar-refractivity contribution in [2.45, 2.75) is 20.0 Å². The van der Waals surface area contributed by atoms with Gasteiger partial charge in [0, 0.05) is 22.1 Å². The van der Waals surface area contributed by atoms with Crippen LogP contribution in [0.25, 0.3) is 5.69 Å². The summed E-state index contributed by atoms with van der Waals surface area (Å²) in [7, 11) is 0. The molecule has 0 bridgehead atoms. The zero-order chi connectivity index (χ0) is 22.5. The van der Waals surface area contributed by atoms with Crippen LogP contribution < -0.4 is 10.6 Å². The molecule has 1 amide bonds. The van der Waals surface area contributed by atoms with Crippen LogP contribution in [0.4, 0.5) is 11.4 Å². The van der Waals surface area contributed by atoms with E-state index in [4.69, 9.17) is 23.8 Å². The van der Waals surface area contributed by atoms with Gasteiger partial charge in [-0.25, -0.2) is 4.68 Å². The van der Waals surface area contributed by atoms with Gasteiger partial charge in [-0.05, 0) is 61.1 Å². The minimum absolute atomic E-state index is 0.0111. The van der Waals surface area contributed by atoms with Crippen LogP contribution in [0.15, 0.2) is 78.9 Å². The van der Waals surface area contributed by atoms with Crippen LogP contribution in [0.1, 0.15) is 11.4 Å². The van der Waals surface area contributed by atoms with Gasteiger partial charge in [-0.15, -0.1) is 0 Å². The summed E-state index contributed by atoms with van der Waals surface area (Å²) in [4.78, 5) is 12.7. The van der Waals surface area contributed by atoms with Gasteiger partial charge >= 0.3 is 0 Å². The van der Waals surface area contributed by atoms with Gasteiger partial charge in [0.2, 0.25) is 10.7 Å². The molecule has 0 spiro atoms. The standard InChI is InChI=1S/C24H22ClN5OS/c1-17-8-5-6-13-21(17)27-23(31)16-29-24(32)30(20-11-3-2-4-12-20)22(28-29)15-26-19-10-7-9-18(25)14-19/h2-14,26H,15-16H2,1H3,(H,27,31). The van der Waals surface area contributed by atoms with Crippen LogP contribution in [0.5, 0.6) is 0 Å². The third-order valence-electron chi connectivity index (χ3n) is 4.91. The maximum absolute atomic E-state index is 12.7. The van der Waals surface area contributed by atoms with Crippen molar-refractivity contribution >= 4 is 41.1 Å². The number of nitrogens with zero attached hydrogens (tertiary/aromatic N) is 3. The monoisotopic (exact) mass is 463 g/mol. The van der Waals surface area contributed by atoms with E-state index in [0.29, 0.717) is 22.2 Å². The summed E-state index contributed by atoms with van der Waals surface area (Å²) in [5.74, 6) is 0.493. The summed E-state index contributed by atoms with van der Waals surface area (Å²) in [6.07, 6.45) is 0. The third-order valence-corrected chi connectivity index (χ3v) is 5.54. The molecule has 0 fully saturated rings. The lowest BCUT2D eigenvalue weighted by Crippen LogP contribution is -2.20. The molecule has 3 aromatic carbocycles. The van der Waals surface area contributed by atoms with E-state index >= 15 is 0 Å². The number of halogens is 1. The van der Waals surface area contributed by atoms with Crippen molar-refractivity contribution in [3.63, 3.8) is 0 Å². The second-order valence-electron chi connectivity index (χ2n) is 7.25. The fourth-order valence-corrected chi connectivity index (χ4v) is 3.83. The molecule has 0 unspecified atom stereocenters. The number of anilines is 2. The second kappa shape index (κ2) is 9.80. The SMILES string of the molecule is Cc1ccccc1NC(=O)Cn1nc(CNc2cccc(Cl)c2)n(-c2ccccc2)c1=S. The molecule has 0 aliphatic rings. The van der Waals surface area contributed by atoms with Gasteiger partial charge in [-0.2, -0.15) is 5.10 Å². The number of benzene rings is 3. The van der Waals surface area contributed by atoms with Gasteiger partial charge in [-0.3, -0.25) is 9.36 Å². The molecule has 0 atom stereocenters. The summed E-state index contributed by atoms with van der Waals surface area (Å²) in [5.41, 5.74) is 3.51. The van der Waals surface area contributed by atoms with Gasteiger partial charge < -0.3 is 10.6 Å². The lowest BCUT2D eigenvalue weighted by Gasteiger charge is -2.09. The maximum Gasteiger partial charge on any atom is 0.246 e. The highest BCUT2D eigenvalue weighted by atomic mass is 35.5. The van der Waals surface area contributed by atoms with Crippen molar-refractivity contribution in [2.24, 2.45) is 0 Å². The number of amides is 1. The minimum atomic E-state index is -0.192. The van der Waals surface area contributed by atoms with E-state index in [1.807, 2.05) is 90.4 Å². The molecular weight excluding hydrogens is 442 g/mol. The Balaban J connectivity index is 1.61. The zero-order valence-electron chi connectivity index (χ0n) is 17.5. The maximum atomic E-state index is 12.7. The van der Waals surface area contributed by atoms with E-state index in [1.165, 1.54) is 0 Å². The average molecular weight is 464 g/mol. The normalized spacial score (nSPS) is 10.7. The minimum Gasteiger partial charge on any atom is -0.378 e. The molecule has 4 aromatic rings. The second-order valence-corrected chi connectivity index (χ2v) is 8.06. The van der Waals surface area contributed by atoms with Crippen molar-refractivity contribution in [3.05, 3.63) is 100 Å². The molecule has 1 aromatic heterocycles. The molecule has 6 nitrogen and oxygen atoms in total. The highest BCUT2D eigenvalue weighted by Gasteiger charge is 2.15. The summed E-state index contributed by atoms with van der Waals surface area (Å²) in [6.45, 7) is 2.37. The van der Waals surface area contributed by atoms with E-state index < -0.39 is 0 Å². The molecule has 8 heteroatoms. The summed E-state index contributed by atoms with van der Waals surface area (Å²) in [6, 6.07) is 24.8. The number of aryl methyl sites for hydroxylation is 1. The molecule has 2 N–H and O–H groups in total. The molecule has 162 valence electrons. The van der Waals surface area contributed by atoms with Gasteiger partial charge in [0.1, 0.15) is 6.54 Å². The first-order valence-corrected chi connectivity index (χ1v) is 10.9. The fraction of sp³-hybridized carbons (Fsp3) is 0.125. The van der Waals surface area contributed by atoms with Crippen LogP contribution >= 0.6 is 23.8 Å². The molecule has 0 aliphatic heterocycles. The first-order valence-electron chi connectivity index (χ1n) is 10.1. The predicted molar refractivity (Wildman–Crippen MR) is 131 cm³/mol. The van der Waals surface area contributed by atoms with Crippen LogP contribution in [-0.4, -0.2) is 20.3 Å². The zero-order valence-corrected chi connectivity index (χ0v) is 19.0. The predicted octanol–water partition coefficient (Wildman–Crippen LogP) is 5.62. The van der Waals surface area contributed by atoms with E-state index in [9.17, 15) is 4.79 Å². The van der Waals surface area contributed by atoms with Gasteiger partial charge in [0.05, 0.1) is 6.54 Å². The Morgan fingerprint density at radius 3 is 2.53 bits per heavy atom. The highest BCUT2D eigenvalue weighted by molar-refractivity contribution is 7.71. The van der Waals surface area contributed by atoms with E-state index in [-0.39, 0.29) is 12.5 Å². The van der Waals surface area contributed by atoms with E-state index in [1.54, 1.807) is 4.68 Å². The number of carbonyl (C=O) groups excluding carboxylic acids is 1. The number of nitrogens with one attached hydrogen (secondary N) is 2. The lowest BCUT2D eigenvalue weighted by atomic mass is 10.2. The molecule has 4 rings (SSSR count). The first-order chi connectivity index (χ1) is 15.5. The Bertz CT molecular complexity index is 1300. The molecule has 0 saturated heterocycles. The summed E-state index contributed by atoms with van der Waals surface area (Å²) in [5, 5.41) is 11.6. The van der Waals surface area contributed by atoms with Crippen LogP contribution in [0.2, 0.25) is 5.02 Å². The molecule has 32 heavy (non-hydrogen) atoms. The smallest absolute Gasteiger partial charge is 0.246 e. The molecule has 0 radical (unpaired) electrons. The summed E-state index contributed by atoms with van der Waals surface area (Å²) < 4.78 is 3.86. The Labute approximate surface area is 196 Å². The Morgan fingerprint density at radius 1 is 1.03 bits per heavy atom. The van der Waals surface area contributed by atoms with Crippen LogP contribution in [-0.2, 0) is 17.9 Å². The van der Waals surface area contributed by atoms with Crippen molar-refractivity contribution < 1.29 is 4.79 Å². The van der Waals surface area contributed by atoms with Gasteiger partial charge in [0.25, 0.3) is 0 Å². The number of para-hydroxylation sites is 2. The number of carbonyl (C=O) groups is 1. The van der Waals surface area contributed by atoms with Gasteiger partial charge in [0.15, 0.2) is 5.82 Å². The highest BCUT2D eigenvalue weighted by Crippen LogP contribution is 2.18. The molecular formula is C24H22ClN5OS. The van der Waals surface area contributed by atoms with Crippen molar-refractivity contribution in [1.82, 2.24) is 14.3 Å². The quantitative estimate of drug-likeness (QED) is 0.349. The largest absolute Gasteiger partial charge is 0.378 e. The number of aromatic nitrogens is 3. The van der Waals surface area contributed by atoms with Crippen LogP contribution in [0, 0.1) is 11.7 Å². The summed E-state index contributed by atoms with van der Waals surface area (Å²) >= 11 is 11.8. The molecule has 1 heterocycles. The van der Waals surface area contributed by atoms with Crippen molar-refractivity contribution in [2.75, 3.05) is 10.6 Å².